The second kappa shape index (κ2) is 10.1. The molecule has 2 aromatic carbocycles. The second-order valence-corrected chi connectivity index (χ2v) is 8.32. The Kier molecular flexibility index (Phi) is 7.01. The molecular weight excluding hydrogens is 503 g/mol. The lowest BCUT2D eigenvalue weighted by Gasteiger charge is -2.11. The highest BCUT2D eigenvalue weighted by Crippen LogP contribution is 2.34. The summed E-state index contributed by atoms with van der Waals surface area (Å²) < 4.78 is 17.7. The van der Waals surface area contributed by atoms with Crippen LogP contribution in [-0.4, -0.2) is 30.0 Å². The summed E-state index contributed by atoms with van der Waals surface area (Å²) in [7, 11) is 3.13. The Bertz CT molecular complexity index is 1460. The maximum Gasteiger partial charge on any atom is 0.433 e. The van der Waals surface area contributed by atoms with E-state index in [0.717, 1.165) is 0 Å². The lowest BCUT2D eigenvalue weighted by Crippen LogP contribution is -2.11. The average molecular weight is 519 g/mol. The van der Waals surface area contributed by atoms with Crippen LogP contribution in [0.4, 0.5) is 11.6 Å². The number of aromatic nitrogens is 1. The smallest absolute Gasteiger partial charge is 0.433 e. The summed E-state index contributed by atoms with van der Waals surface area (Å²) >= 11 is 13.5. The molecule has 2 aromatic heterocycles. The maximum absolute atomic E-state index is 10.9. The van der Waals surface area contributed by atoms with Crippen LogP contribution in [0.15, 0.2) is 68.4 Å². The molecule has 0 atom stereocenters. The summed E-state index contributed by atoms with van der Waals surface area (Å²) in [6.07, 6.45) is 1.36. The van der Waals surface area contributed by atoms with E-state index in [1.165, 1.54) is 29.7 Å². The molecule has 0 bridgehead atoms. The van der Waals surface area contributed by atoms with Crippen molar-refractivity contribution in [3.8, 4) is 22.8 Å². The van der Waals surface area contributed by atoms with Gasteiger partial charge >= 0.3 is 5.88 Å². The van der Waals surface area contributed by atoms with E-state index in [2.05, 4.69) is 10.1 Å². The first-order valence-electron chi connectivity index (χ1n) is 9.61. The van der Waals surface area contributed by atoms with Crippen LogP contribution in [-0.2, 0) is 0 Å². The molecule has 0 aliphatic carbocycles. The van der Waals surface area contributed by atoms with Gasteiger partial charge in [-0.2, -0.15) is 5.10 Å². The molecule has 0 saturated carbocycles. The van der Waals surface area contributed by atoms with E-state index in [9.17, 15) is 10.1 Å². The molecule has 0 aliphatic rings. The minimum atomic E-state index is -0.618. The van der Waals surface area contributed by atoms with Crippen LogP contribution in [0.25, 0.3) is 11.3 Å². The van der Waals surface area contributed by atoms with Gasteiger partial charge in [-0.1, -0.05) is 23.2 Å². The SMILES string of the molecule is COc1ccc(OC)c(-c2csc(=Nc3ccc(Cl)c(Cl)c3)n2N=Cc2ccc([N+](=O)[O-])o2)c1. The molecule has 0 aliphatic heterocycles. The van der Waals surface area contributed by atoms with E-state index in [-0.39, 0.29) is 11.6 Å². The average Bonchev–Trinajstić information content (AvgIpc) is 3.47. The fourth-order valence-electron chi connectivity index (χ4n) is 2.98. The number of nitro groups is 1. The van der Waals surface area contributed by atoms with Crippen molar-refractivity contribution < 1.29 is 18.8 Å². The quantitative estimate of drug-likeness (QED) is 0.165. The van der Waals surface area contributed by atoms with Gasteiger partial charge in [-0.15, -0.1) is 11.3 Å². The molecule has 0 N–H and O–H groups in total. The van der Waals surface area contributed by atoms with Gasteiger partial charge in [0, 0.05) is 10.9 Å². The van der Waals surface area contributed by atoms with Crippen LogP contribution < -0.4 is 14.3 Å². The molecule has 2 heterocycles. The van der Waals surface area contributed by atoms with E-state index in [1.807, 2.05) is 11.4 Å². The van der Waals surface area contributed by atoms with Crippen LogP contribution >= 0.6 is 34.5 Å². The largest absolute Gasteiger partial charge is 0.497 e. The minimum absolute atomic E-state index is 0.203. The van der Waals surface area contributed by atoms with Crippen LogP contribution in [0.3, 0.4) is 0 Å². The first kappa shape index (κ1) is 23.6. The molecule has 34 heavy (non-hydrogen) atoms. The van der Waals surface area contributed by atoms with E-state index in [0.29, 0.717) is 43.3 Å². The molecule has 9 nitrogen and oxygen atoms in total. The van der Waals surface area contributed by atoms with Crippen LogP contribution in [0, 0.1) is 10.1 Å². The zero-order valence-electron chi connectivity index (χ0n) is 17.8. The third-order valence-corrected chi connectivity index (χ3v) is 6.14. The Labute approximate surface area is 207 Å². The number of halogens is 2. The number of furan rings is 1. The van der Waals surface area contributed by atoms with Gasteiger partial charge in [0.1, 0.15) is 16.4 Å². The summed E-state index contributed by atoms with van der Waals surface area (Å²) in [4.78, 5) is 15.5. The molecule has 0 radical (unpaired) electrons. The Morgan fingerprint density at radius 1 is 1.09 bits per heavy atom. The van der Waals surface area contributed by atoms with E-state index < -0.39 is 4.92 Å². The van der Waals surface area contributed by atoms with Gasteiger partial charge < -0.3 is 13.9 Å². The standard InChI is InChI=1S/C22H16Cl2N4O5S/c1-31-14-4-7-20(32-2)16(10-14)19-12-34-22(26-13-3-6-17(23)18(24)9-13)27(19)25-11-15-5-8-21(33-15)28(29)30/h3-12H,1-2H3. The fraction of sp³-hybridized carbons (Fsp3) is 0.0909. The van der Waals surface area contributed by atoms with Gasteiger partial charge in [0.2, 0.25) is 4.80 Å². The van der Waals surface area contributed by atoms with Crippen molar-refractivity contribution in [2.75, 3.05) is 14.2 Å². The predicted molar refractivity (Wildman–Crippen MR) is 131 cm³/mol. The van der Waals surface area contributed by atoms with Crippen molar-refractivity contribution in [2.45, 2.75) is 0 Å². The topological polar surface area (TPSA) is 104 Å². The normalized spacial score (nSPS) is 11.8. The number of ether oxygens (including phenoxy) is 2. The van der Waals surface area contributed by atoms with E-state index >= 15 is 0 Å². The molecule has 0 saturated heterocycles. The molecule has 0 unspecified atom stereocenters. The number of thiazole rings is 1. The number of nitrogens with zero attached hydrogens (tertiary/aromatic N) is 4. The van der Waals surface area contributed by atoms with Crippen molar-refractivity contribution in [1.29, 1.82) is 0 Å². The summed E-state index contributed by atoms with van der Waals surface area (Å²) in [5, 5.41) is 18.1. The summed E-state index contributed by atoms with van der Waals surface area (Å²) in [5.74, 6) is 1.04. The maximum atomic E-state index is 10.9. The highest BCUT2D eigenvalue weighted by Gasteiger charge is 2.15. The lowest BCUT2D eigenvalue weighted by atomic mass is 10.1. The van der Waals surface area contributed by atoms with Crippen molar-refractivity contribution >= 4 is 52.3 Å². The molecular formula is C22H16Cl2N4O5S. The third-order valence-electron chi connectivity index (χ3n) is 4.59. The first-order valence-corrected chi connectivity index (χ1v) is 11.2. The Morgan fingerprint density at radius 3 is 2.59 bits per heavy atom. The minimum Gasteiger partial charge on any atom is -0.497 e. The number of hydrogen-bond acceptors (Lipinski definition) is 8. The van der Waals surface area contributed by atoms with Crippen molar-refractivity contribution in [2.24, 2.45) is 10.1 Å². The zero-order chi connectivity index (χ0) is 24.2. The van der Waals surface area contributed by atoms with Crippen molar-refractivity contribution in [3.05, 3.63) is 84.6 Å². The predicted octanol–water partition coefficient (Wildman–Crippen LogP) is 6.16. The Hall–Kier alpha value is -3.60. The molecule has 0 amide bonds. The Morgan fingerprint density at radius 2 is 1.91 bits per heavy atom. The molecule has 4 rings (SSSR count). The van der Waals surface area contributed by atoms with Gasteiger partial charge in [0.15, 0.2) is 5.76 Å². The summed E-state index contributed by atoms with van der Waals surface area (Å²) in [6.45, 7) is 0. The molecule has 0 spiro atoms. The monoisotopic (exact) mass is 518 g/mol. The number of hydrogen-bond donors (Lipinski definition) is 0. The highest BCUT2D eigenvalue weighted by atomic mass is 35.5. The second-order valence-electron chi connectivity index (χ2n) is 6.67. The molecule has 4 aromatic rings. The van der Waals surface area contributed by atoms with Crippen LogP contribution in [0.2, 0.25) is 10.0 Å². The molecule has 174 valence electrons. The fourth-order valence-corrected chi connectivity index (χ4v) is 4.12. The van der Waals surface area contributed by atoms with E-state index in [1.54, 1.807) is 49.2 Å². The van der Waals surface area contributed by atoms with Crippen LogP contribution in [0.1, 0.15) is 5.76 Å². The molecule has 12 heteroatoms. The summed E-state index contributed by atoms with van der Waals surface area (Å²) in [6, 6.07) is 13.1. The van der Waals surface area contributed by atoms with Crippen molar-refractivity contribution in [3.63, 3.8) is 0 Å². The number of rotatable bonds is 7. The van der Waals surface area contributed by atoms with Crippen LogP contribution in [0.5, 0.6) is 11.5 Å². The van der Waals surface area contributed by atoms with Gasteiger partial charge in [-0.25, -0.2) is 9.67 Å². The lowest BCUT2D eigenvalue weighted by molar-refractivity contribution is -0.402. The molecule has 0 fully saturated rings. The highest BCUT2D eigenvalue weighted by molar-refractivity contribution is 7.07. The zero-order valence-corrected chi connectivity index (χ0v) is 20.1. The van der Waals surface area contributed by atoms with Gasteiger partial charge in [0.25, 0.3) is 0 Å². The van der Waals surface area contributed by atoms with Gasteiger partial charge in [-0.05, 0) is 42.5 Å². The number of benzene rings is 2. The number of methoxy groups -OCH3 is 2. The van der Waals surface area contributed by atoms with Crippen molar-refractivity contribution in [1.82, 2.24) is 4.68 Å². The van der Waals surface area contributed by atoms with E-state index in [4.69, 9.17) is 37.1 Å². The Balaban J connectivity index is 1.89. The van der Waals surface area contributed by atoms with Gasteiger partial charge in [-0.3, -0.25) is 10.1 Å². The third kappa shape index (κ3) is 4.98. The summed E-state index contributed by atoms with van der Waals surface area (Å²) in [5.41, 5.74) is 1.92. The first-order chi connectivity index (χ1) is 16.4. The van der Waals surface area contributed by atoms with Gasteiger partial charge in [0.05, 0.1) is 47.9 Å².